The summed E-state index contributed by atoms with van der Waals surface area (Å²) >= 11 is 1.22. The van der Waals surface area contributed by atoms with Crippen LogP contribution in [0, 0.1) is 0 Å². The molecule has 1 aliphatic carbocycles. The van der Waals surface area contributed by atoms with Gasteiger partial charge in [-0.15, -0.1) is 5.10 Å². The van der Waals surface area contributed by atoms with Gasteiger partial charge in [0.05, 0.1) is 5.69 Å². The summed E-state index contributed by atoms with van der Waals surface area (Å²) in [4.78, 5) is 15.6. The first-order valence-corrected chi connectivity index (χ1v) is 9.08. The fourth-order valence-electron chi connectivity index (χ4n) is 2.69. The average Bonchev–Trinajstić information content (AvgIpc) is 3.28. The zero-order valence-corrected chi connectivity index (χ0v) is 14.8. The first-order chi connectivity index (χ1) is 11.1. The van der Waals surface area contributed by atoms with Gasteiger partial charge in [0, 0.05) is 12.6 Å². The third-order valence-electron chi connectivity index (χ3n) is 4.33. The average molecular weight is 329 g/mol. The van der Waals surface area contributed by atoms with Crippen molar-refractivity contribution in [3.8, 4) is 0 Å². The molecular weight excluding hydrogens is 306 g/mol. The van der Waals surface area contributed by atoms with E-state index in [2.05, 4.69) is 47.7 Å². The molecule has 0 unspecified atom stereocenters. The molecule has 0 saturated heterocycles. The maximum absolute atomic E-state index is 12.9. The number of hydrogen-bond donors (Lipinski definition) is 0. The fraction of sp³-hybridized carbons (Fsp3) is 0.500. The van der Waals surface area contributed by atoms with Crippen LogP contribution in [0.15, 0.2) is 24.3 Å². The molecule has 1 heterocycles. The molecule has 2 aromatic rings. The SMILES string of the molecule is CCc1nnsc1C(=O)N(Cc1ccc(C(C)C)cc1)C1CC1. The van der Waals surface area contributed by atoms with Gasteiger partial charge in [0.2, 0.25) is 0 Å². The Labute approximate surface area is 141 Å². The molecular formula is C18H23N3OS. The van der Waals surface area contributed by atoms with Crippen molar-refractivity contribution in [3.63, 3.8) is 0 Å². The van der Waals surface area contributed by atoms with Gasteiger partial charge in [-0.3, -0.25) is 4.79 Å². The predicted octanol–water partition coefficient (Wildman–Crippen LogP) is 4.03. The topological polar surface area (TPSA) is 46.1 Å². The van der Waals surface area contributed by atoms with E-state index >= 15 is 0 Å². The lowest BCUT2D eigenvalue weighted by atomic mass is 10.0. The first-order valence-electron chi connectivity index (χ1n) is 8.31. The minimum Gasteiger partial charge on any atom is -0.331 e. The summed E-state index contributed by atoms with van der Waals surface area (Å²) in [5.74, 6) is 0.618. The van der Waals surface area contributed by atoms with Crippen LogP contribution in [0.25, 0.3) is 0 Å². The highest BCUT2D eigenvalue weighted by Crippen LogP contribution is 2.31. The molecule has 3 rings (SSSR count). The molecule has 0 bridgehead atoms. The Morgan fingerprint density at radius 2 is 2.00 bits per heavy atom. The molecule has 4 nitrogen and oxygen atoms in total. The summed E-state index contributed by atoms with van der Waals surface area (Å²) in [6.07, 6.45) is 2.95. The molecule has 0 atom stereocenters. The van der Waals surface area contributed by atoms with E-state index in [0.717, 1.165) is 25.0 Å². The van der Waals surface area contributed by atoms with Gasteiger partial charge in [0.25, 0.3) is 5.91 Å². The predicted molar refractivity (Wildman–Crippen MR) is 92.7 cm³/mol. The minimum atomic E-state index is 0.0901. The van der Waals surface area contributed by atoms with E-state index in [0.29, 0.717) is 23.4 Å². The Hall–Kier alpha value is -1.75. The number of amides is 1. The quantitative estimate of drug-likeness (QED) is 0.804. The number of aromatic nitrogens is 2. The van der Waals surface area contributed by atoms with Crippen molar-refractivity contribution in [1.82, 2.24) is 14.5 Å². The van der Waals surface area contributed by atoms with E-state index < -0.39 is 0 Å². The molecule has 1 aromatic heterocycles. The van der Waals surface area contributed by atoms with Crippen molar-refractivity contribution in [1.29, 1.82) is 0 Å². The van der Waals surface area contributed by atoms with Gasteiger partial charge < -0.3 is 4.90 Å². The van der Waals surface area contributed by atoms with Gasteiger partial charge in [0.1, 0.15) is 4.88 Å². The highest BCUT2D eigenvalue weighted by molar-refractivity contribution is 7.08. The number of benzene rings is 1. The summed E-state index contributed by atoms with van der Waals surface area (Å²) in [6.45, 7) is 7.07. The molecule has 1 fully saturated rings. The summed E-state index contributed by atoms with van der Waals surface area (Å²) in [5.41, 5.74) is 3.34. The van der Waals surface area contributed by atoms with E-state index in [1.807, 2.05) is 11.8 Å². The van der Waals surface area contributed by atoms with Crippen molar-refractivity contribution in [2.45, 2.75) is 58.5 Å². The van der Waals surface area contributed by atoms with Gasteiger partial charge in [0.15, 0.2) is 0 Å². The molecule has 0 aliphatic heterocycles. The molecule has 5 heteroatoms. The van der Waals surface area contributed by atoms with Crippen LogP contribution in [-0.4, -0.2) is 26.4 Å². The monoisotopic (exact) mass is 329 g/mol. The van der Waals surface area contributed by atoms with Crippen molar-refractivity contribution in [2.24, 2.45) is 0 Å². The Morgan fingerprint density at radius 3 is 2.57 bits per heavy atom. The zero-order chi connectivity index (χ0) is 16.4. The van der Waals surface area contributed by atoms with Crippen LogP contribution in [0.5, 0.6) is 0 Å². The van der Waals surface area contributed by atoms with Gasteiger partial charge in [-0.25, -0.2) is 0 Å². The fourth-order valence-corrected chi connectivity index (χ4v) is 3.40. The van der Waals surface area contributed by atoms with Gasteiger partial charge in [-0.05, 0) is 47.8 Å². The van der Waals surface area contributed by atoms with Gasteiger partial charge in [-0.2, -0.15) is 0 Å². The minimum absolute atomic E-state index is 0.0901. The number of rotatable bonds is 6. The number of nitrogens with zero attached hydrogens (tertiary/aromatic N) is 3. The van der Waals surface area contributed by atoms with Crippen LogP contribution in [0.3, 0.4) is 0 Å². The van der Waals surface area contributed by atoms with Gasteiger partial charge in [-0.1, -0.05) is 49.5 Å². The van der Waals surface area contributed by atoms with Crippen LogP contribution >= 0.6 is 11.5 Å². The van der Waals surface area contributed by atoms with Crippen LogP contribution in [-0.2, 0) is 13.0 Å². The molecule has 1 saturated carbocycles. The summed E-state index contributed by atoms with van der Waals surface area (Å²) in [5, 5.41) is 4.08. The maximum Gasteiger partial charge on any atom is 0.268 e. The van der Waals surface area contributed by atoms with Crippen LogP contribution in [0.4, 0.5) is 0 Å². The van der Waals surface area contributed by atoms with E-state index in [-0.39, 0.29) is 5.91 Å². The van der Waals surface area contributed by atoms with Crippen LogP contribution in [0.1, 0.15) is 66.0 Å². The number of carbonyl (C=O) groups excluding carboxylic acids is 1. The van der Waals surface area contributed by atoms with Crippen molar-refractivity contribution in [3.05, 3.63) is 46.0 Å². The zero-order valence-electron chi connectivity index (χ0n) is 14.0. The molecule has 122 valence electrons. The number of hydrogen-bond acceptors (Lipinski definition) is 4. The Kier molecular flexibility index (Phi) is 4.76. The third-order valence-corrected chi connectivity index (χ3v) is 5.09. The Morgan fingerprint density at radius 1 is 1.30 bits per heavy atom. The third kappa shape index (κ3) is 3.61. The van der Waals surface area contributed by atoms with Crippen molar-refractivity contribution in [2.75, 3.05) is 0 Å². The van der Waals surface area contributed by atoms with E-state index in [4.69, 9.17) is 0 Å². The largest absolute Gasteiger partial charge is 0.331 e. The lowest BCUT2D eigenvalue weighted by Gasteiger charge is -2.22. The number of carbonyl (C=O) groups is 1. The summed E-state index contributed by atoms with van der Waals surface area (Å²) in [6, 6.07) is 9.00. The van der Waals surface area contributed by atoms with E-state index in [9.17, 15) is 4.79 Å². The lowest BCUT2D eigenvalue weighted by molar-refractivity contribution is 0.0733. The Balaban J connectivity index is 1.78. The molecule has 0 spiro atoms. The first kappa shape index (κ1) is 16.1. The summed E-state index contributed by atoms with van der Waals surface area (Å²) in [7, 11) is 0. The molecule has 1 aliphatic rings. The van der Waals surface area contributed by atoms with E-state index in [1.165, 1.54) is 22.7 Å². The van der Waals surface area contributed by atoms with Gasteiger partial charge >= 0.3 is 0 Å². The van der Waals surface area contributed by atoms with E-state index in [1.54, 1.807) is 0 Å². The molecule has 1 aromatic carbocycles. The molecule has 1 amide bonds. The molecule has 0 N–H and O–H groups in total. The smallest absolute Gasteiger partial charge is 0.268 e. The second kappa shape index (κ2) is 6.79. The van der Waals surface area contributed by atoms with Crippen molar-refractivity contribution >= 4 is 17.4 Å². The van der Waals surface area contributed by atoms with Crippen LogP contribution < -0.4 is 0 Å². The molecule has 23 heavy (non-hydrogen) atoms. The summed E-state index contributed by atoms with van der Waals surface area (Å²) < 4.78 is 3.96. The second-order valence-electron chi connectivity index (χ2n) is 6.46. The lowest BCUT2D eigenvalue weighted by Crippen LogP contribution is -2.32. The number of aryl methyl sites for hydroxylation is 1. The maximum atomic E-state index is 12.9. The highest BCUT2D eigenvalue weighted by Gasteiger charge is 2.34. The normalized spacial score (nSPS) is 14.3. The Bertz CT molecular complexity index is 674. The van der Waals surface area contributed by atoms with Crippen LogP contribution in [0.2, 0.25) is 0 Å². The standard InChI is InChI=1S/C18H23N3OS/c1-4-16-17(23-20-19-16)18(22)21(15-9-10-15)11-13-5-7-14(8-6-13)12(2)3/h5-8,12,15H,4,9-11H2,1-3H3. The second-order valence-corrected chi connectivity index (χ2v) is 7.22. The highest BCUT2D eigenvalue weighted by atomic mass is 32.1. The molecule has 0 radical (unpaired) electrons. The van der Waals surface area contributed by atoms with Crippen molar-refractivity contribution < 1.29 is 4.79 Å².